The van der Waals surface area contributed by atoms with Crippen LogP contribution in [-0.2, 0) is 4.74 Å². The molecule has 2 bridgehead atoms. The fraction of sp³-hybridized carbons (Fsp3) is 0.929. The summed E-state index contributed by atoms with van der Waals surface area (Å²) in [4.78, 5) is 19.1. The van der Waals surface area contributed by atoms with Crippen LogP contribution in [0.3, 0.4) is 0 Å². The number of fused-ring (bicyclic) bond motifs is 2. The average Bonchev–Trinajstić information content (AvgIpc) is 2.38. The molecular weight excluding hydrogens is 242 g/mol. The Hall–Kier alpha value is -0.810. The molecule has 0 radical (unpaired) electrons. The largest absolute Gasteiger partial charge is 0.378 e. The number of nitrogens with zero attached hydrogens (tertiary/aromatic N) is 3. The van der Waals surface area contributed by atoms with Crippen molar-refractivity contribution in [3.8, 4) is 0 Å². The van der Waals surface area contributed by atoms with Crippen LogP contribution in [0, 0.1) is 0 Å². The predicted molar refractivity (Wildman–Crippen MR) is 73.1 cm³/mol. The van der Waals surface area contributed by atoms with Gasteiger partial charge in [0.05, 0.1) is 13.2 Å². The number of carbonyl (C=O) groups is 1. The molecule has 4 rings (SSSR count). The van der Waals surface area contributed by atoms with Crippen LogP contribution in [0.4, 0.5) is 4.79 Å². The first-order chi connectivity index (χ1) is 8.97. The molecule has 0 aromatic heterocycles. The highest BCUT2D eigenvalue weighted by Crippen LogP contribution is 2.36. The summed E-state index contributed by atoms with van der Waals surface area (Å²) < 4.78 is 5.32. The highest BCUT2D eigenvalue weighted by molar-refractivity contribution is 5.76. The number of amides is 2. The van der Waals surface area contributed by atoms with Crippen molar-refractivity contribution in [1.29, 1.82) is 0 Å². The van der Waals surface area contributed by atoms with Crippen LogP contribution < -0.4 is 0 Å². The summed E-state index contributed by atoms with van der Waals surface area (Å²) in [6.45, 7) is 11.7. The van der Waals surface area contributed by atoms with Gasteiger partial charge in [0.15, 0.2) is 0 Å². The third-order valence-electron chi connectivity index (χ3n) is 4.64. The Kier molecular flexibility index (Phi) is 3.21. The van der Waals surface area contributed by atoms with E-state index in [9.17, 15) is 4.79 Å². The molecule has 4 heterocycles. The molecule has 0 aliphatic carbocycles. The first-order valence-corrected chi connectivity index (χ1v) is 7.37. The Labute approximate surface area is 115 Å². The van der Waals surface area contributed by atoms with Crippen LogP contribution in [0.15, 0.2) is 0 Å². The van der Waals surface area contributed by atoms with Crippen LogP contribution in [0.5, 0.6) is 0 Å². The van der Waals surface area contributed by atoms with E-state index in [0.29, 0.717) is 25.3 Å². The van der Waals surface area contributed by atoms with E-state index >= 15 is 0 Å². The molecule has 2 unspecified atom stereocenters. The maximum atomic E-state index is 12.5. The molecule has 5 nitrogen and oxygen atoms in total. The molecule has 0 N–H and O–H groups in total. The van der Waals surface area contributed by atoms with E-state index in [-0.39, 0.29) is 11.6 Å². The maximum absolute atomic E-state index is 12.5. The molecule has 2 atom stereocenters. The van der Waals surface area contributed by atoms with Gasteiger partial charge in [0.25, 0.3) is 0 Å². The van der Waals surface area contributed by atoms with E-state index in [0.717, 1.165) is 26.2 Å². The third kappa shape index (κ3) is 2.34. The van der Waals surface area contributed by atoms with Gasteiger partial charge in [-0.3, -0.25) is 4.90 Å². The van der Waals surface area contributed by atoms with E-state index in [2.05, 4.69) is 30.6 Å². The Morgan fingerprint density at radius 2 is 1.68 bits per heavy atom. The van der Waals surface area contributed by atoms with Gasteiger partial charge in [-0.2, -0.15) is 0 Å². The molecule has 0 saturated carbocycles. The van der Waals surface area contributed by atoms with Crippen molar-refractivity contribution in [3.05, 3.63) is 0 Å². The average molecular weight is 267 g/mol. The SMILES string of the molecule is CC(C)(C)N1CC2CC(C1)N2C(=O)N1CCOCC1. The molecule has 4 saturated heterocycles. The minimum absolute atomic E-state index is 0.213. The monoisotopic (exact) mass is 267 g/mol. The maximum Gasteiger partial charge on any atom is 0.320 e. The fourth-order valence-corrected chi connectivity index (χ4v) is 3.39. The highest BCUT2D eigenvalue weighted by Gasteiger charge is 2.50. The zero-order chi connectivity index (χ0) is 13.6. The fourth-order valence-electron chi connectivity index (χ4n) is 3.39. The van der Waals surface area contributed by atoms with Gasteiger partial charge in [-0.1, -0.05) is 0 Å². The summed E-state index contributed by atoms with van der Waals surface area (Å²) in [5.41, 5.74) is 0.213. The van der Waals surface area contributed by atoms with Crippen LogP contribution in [0.2, 0.25) is 0 Å². The Morgan fingerprint density at radius 1 is 1.11 bits per heavy atom. The number of rotatable bonds is 0. The summed E-state index contributed by atoms with van der Waals surface area (Å²) in [6.07, 6.45) is 1.18. The molecule has 0 spiro atoms. The topological polar surface area (TPSA) is 36.0 Å². The predicted octanol–water partition coefficient (Wildman–Crippen LogP) is 0.996. The number of piperazine rings is 1. The molecule has 19 heavy (non-hydrogen) atoms. The molecule has 108 valence electrons. The van der Waals surface area contributed by atoms with Crippen LogP contribution in [0.1, 0.15) is 27.2 Å². The molecule has 4 fully saturated rings. The van der Waals surface area contributed by atoms with Gasteiger partial charge in [0.1, 0.15) is 0 Å². The second-order valence-corrected chi connectivity index (χ2v) is 6.91. The van der Waals surface area contributed by atoms with Crippen molar-refractivity contribution in [2.45, 2.75) is 44.8 Å². The summed E-state index contributed by atoms with van der Waals surface area (Å²) in [5, 5.41) is 0. The number of piperidine rings is 1. The minimum atomic E-state index is 0.213. The van der Waals surface area contributed by atoms with Crippen LogP contribution >= 0.6 is 0 Å². The number of morpholine rings is 1. The van der Waals surface area contributed by atoms with Gasteiger partial charge in [-0.15, -0.1) is 0 Å². The van der Waals surface area contributed by atoms with E-state index in [4.69, 9.17) is 4.74 Å². The van der Waals surface area contributed by atoms with Gasteiger partial charge in [-0.25, -0.2) is 4.79 Å². The van der Waals surface area contributed by atoms with Crippen molar-refractivity contribution in [1.82, 2.24) is 14.7 Å². The molecule has 2 amide bonds. The normalized spacial score (nSPS) is 32.2. The van der Waals surface area contributed by atoms with E-state index in [1.165, 1.54) is 6.42 Å². The Bertz CT molecular complexity index is 348. The molecule has 0 aromatic rings. The lowest BCUT2D eigenvalue weighted by Crippen LogP contribution is -2.74. The summed E-state index contributed by atoms with van der Waals surface area (Å²) in [7, 11) is 0. The molecule has 4 aliphatic heterocycles. The number of carbonyl (C=O) groups excluding carboxylic acids is 1. The summed E-state index contributed by atoms with van der Waals surface area (Å²) >= 11 is 0. The van der Waals surface area contributed by atoms with Gasteiger partial charge in [0.2, 0.25) is 0 Å². The summed E-state index contributed by atoms with van der Waals surface area (Å²) in [6, 6.07) is 1.08. The summed E-state index contributed by atoms with van der Waals surface area (Å²) in [5.74, 6) is 0. The van der Waals surface area contributed by atoms with E-state index in [1.807, 2.05) is 4.90 Å². The van der Waals surface area contributed by atoms with Crippen molar-refractivity contribution in [2.75, 3.05) is 39.4 Å². The number of ether oxygens (including phenoxy) is 1. The van der Waals surface area contributed by atoms with Gasteiger partial charge in [-0.05, 0) is 27.2 Å². The lowest BCUT2D eigenvalue weighted by Gasteiger charge is -2.59. The van der Waals surface area contributed by atoms with Crippen LogP contribution in [0.25, 0.3) is 0 Å². The zero-order valence-electron chi connectivity index (χ0n) is 12.3. The third-order valence-corrected chi connectivity index (χ3v) is 4.64. The number of urea groups is 1. The standard InChI is InChI=1S/C14H25N3O2/c1-14(2,3)16-9-11-8-12(10-16)17(11)13(18)15-4-6-19-7-5-15/h11-12H,4-10H2,1-3H3. The highest BCUT2D eigenvalue weighted by atomic mass is 16.5. The molecule has 4 aliphatic rings. The molecular formula is C14H25N3O2. The quantitative estimate of drug-likeness (QED) is 0.657. The van der Waals surface area contributed by atoms with Gasteiger partial charge in [0, 0.05) is 43.8 Å². The number of hydrogen-bond donors (Lipinski definition) is 0. The lowest BCUT2D eigenvalue weighted by molar-refractivity contribution is -0.0781. The Morgan fingerprint density at radius 3 is 2.21 bits per heavy atom. The van der Waals surface area contributed by atoms with Gasteiger partial charge >= 0.3 is 6.03 Å². The van der Waals surface area contributed by atoms with Gasteiger partial charge < -0.3 is 14.5 Å². The molecule has 5 heteroatoms. The van der Waals surface area contributed by atoms with Crippen molar-refractivity contribution < 1.29 is 9.53 Å². The van der Waals surface area contributed by atoms with E-state index < -0.39 is 0 Å². The first kappa shape index (κ1) is 13.2. The lowest BCUT2D eigenvalue weighted by atomic mass is 9.85. The Balaban J connectivity index is 1.61. The number of hydrogen-bond acceptors (Lipinski definition) is 3. The molecule has 0 aromatic carbocycles. The second kappa shape index (κ2) is 4.63. The van der Waals surface area contributed by atoms with Crippen molar-refractivity contribution >= 4 is 6.03 Å². The van der Waals surface area contributed by atoms with E-state index in [1.54, 1.807) is 0 Å². The van der Waals surface area contributed by atoms with Crippen LogP contribution in [-0.4, -0.2) is 77.7 Å². The minimum Gasteiger partial charge on any atom is -0.378 e. The second-order valence-electron chi connectivity index (χ2n) is 6.91. The first-order valence-electron chi connectivity index (χ1n) is 7.37. The smallest absolute Gasteiger partial charge is 0.320 e. The zero-order valence-corrected chi connectivity index (χ0v) is 12.3. The van der Waals surface area contributed by atoms with Crippen molar-refractivity contribution in [2.24, 2.45) is 0 Å². The van der Waals surface area contributed by atoms with Crippen molar-refractivity contribution in [3.63, 3.8) is 0 Å².